The van der Waals surface area contributed by atoms with Gasteiger partial charge in [-0.3, -0.25) is 4.79 Å². The van der Waals surface area contributed by atoms with Crippen molar-refractivity contribution in [1.82, 2.24) is 5.32 Å². The van der Waals surface area contributed by atoms with Crippen LogP contribution >= 0.6 is 15.9 Å². The minimum Gasteiger partial charge on any atom is -0.490 e. The van der Waals surface area contributed by atoms with Crippen LogP contribution in [0.5, 0.6) is 11.5 Å². The van der Waals surface area contributed by atoms with Gasteiger partial charge >= 0.3 is 5.97 Å². The maximum absolute atomic E-state index is 12.6. The molecule has 31 heavy (non-hydrogen) atoms. The molecule has 0 bridgehead atoms. The molecular formula is C23H23BrN2O5. The van der Waals surface area contributed by atoms with Crippen molar-refractivity contribution in [3.63, 3.8) is 0 Å². The molecule has 2 aromatic carbocycles. The lowest BCUT2D eigenvalue weighted by Gasteiger charge is -2.15. The quantitative estimate of drug-likeness (QED) is 0.324. The molecule has 0 saturated heterocycles. The molecule has 1 N–H and O–H groups in total. The second-order valence-electron chi connectivity index (χ2n) is 6.40. The summed E-state index contributed by atoms with van der Waals surface area (Å²) in [4.78, 5) is 24.0. The zero-order valence-electron chi connectivity index (χ0n) is 17.5. The summed E-state index contributed by atoms with van der Waals surface area (Å²) in [6.45, 7) is 3.72. The van der Waals surface area contributed by atoms with Gasteiger partial charge in [-0.05, 0) is 59.1 Å². The molecule has 8 heteroatoms. The molecule has 1 amide bonds. The number of halogens is 1. The summed E-state index contributed by atoms with van der Waals surface area (Å²) in [5.41, 5.74) is 1.43. The summed E-state index contributed by atoms with van der Waals surface area (Å²) in [5.74, 6) is -0.333. The van der Waals surface area contributed by atoms with E-state index in [1.54, 1.807) is 19.1 Å². The topological polar surface area (TPSA) is 97.6 Å². The lowest BCUT2D eigenvalue weighted by Crippen LogP contribution is -2.27. The Morgan fingerprint density at radius 1 is 1.23 bits per heavy atom. The highest BCUT2D eigenvalue weighted by Crippen LogP contribution is 2.37. The molecule has 0 aliphatic carbocycles. The van der Waals surface area contributed by atoms with Crippen LogP contribution in [0.2, 0.25) is 0 Å². The first-order valence-corrected chi connectivity index (χ1v) is 10.3. The molecule has 7 nitrogen and oxygen atoms in total. The van der Waals surface area contributed by atoms with Gasteiger partial charge in [-0.2, -0.15) is 5.26 Å². The molecule has 2 aromatic rings. The largest absolute Gasteiger partial charge is 0.490 e. The molecule has 0 unspecified atom stereocenters. The third-order valence-corrected chi connectivity index (χ3v) is 4.81. The molecular weight excluding hydrogens is 464 g/mol. The number of nitrogens with zero attached hydrogens (tertiary/aromatic N) is 1. The first kappa shape index (κ1) is 24.0. The van der Waals surface area contributed by atoms with Crippen LogP contribution in [0.15, 0.2) is 52.5 Å². The molecule has 0 radical (unpaired) electrons. The molecule has 0 aromatic heterocycles. The number of benzene rings is 2. The Morgan fingerprint density at radius 2 is 1.94 bits per heavy atom. The predicted octanol–water partition coefficient (Wildman–Crippen LogP) is 4.18. The first-order valence-electron chi connectivity index (χ1n) is 9.53. The number of nitrogens with one attached hydrogen (secondary N) is 1. The highest BCUT2D eigenvalue weighted by Gasteiger charge is 2.17. The fourth-order valence-corrected chi connectivity index (χ4v) is 3.25. The zero-order chi connectivity index (χ0) is 22.8. The summed E-state index contributed by atoms with van der Waals surface area (Å²) < 4.78 is 16.2. The lowest BCUT2D eigenvalue weighted by molar-refractivity contribution is -0.143. The van der Waals surface area contributed by atoms with Gasteiger partial charge in [0.15, 0.2) is 18.1 Å². The minimum absolute atomic E-state index is 0.0552. The van der Waals surface area contributed by atoms with Crippen LogP contribution < -0.4 is 14.8 Å². The van der Waals surface area contributed by atoms with Gasteiger partial charge in [0, 0.05) is 0 Å². The van der Waals surface area contributed by atoms with Gasteiger partial charge in [0.1, 0.15) is 11.6 Å². The molecule has 0 spiro atoms. The second-order valence-corrected chi connectivity index (χ2v) is 7.26. The van der Waals surface area contributed by atoms with E-state index in [0.717, 1.165) is 5.56 Å². The van der Waals surface area contributed by atoms with Crippen molar-refractivity contribution in [1.29, 1.82) is 5.26 Å². The van der Waals surface area contributed by atoms with Crippen molar-refractivity contribution in [3.8, 4) is 17.6 Å². The number of amides is 1. The van der Waals surface area contributed by atoms with E-state index in [1.807, 2.05) is 43.3 Å². The van der Waals surface area contributed by atoms with Crippen molar-refractivity contribution in [3.05, 3.63) is 63.6 Å². The fraction of sp³-hybridized carbons (Fsp3) is 0.261. The van der Waals surface area contributed by atoms with E-state index < -0.39 is 11.9 Å². The van der Waals surface area contributed by atoms with E-state index >= 15 is 0 Å². The van der Waals surface area contributed by atoms with Gasteiger partial charge in [0.25, 0.3) is 5.91 Å². The van der Waals surface area contributed by atoms with E-state index in [4.69, 9.17) is 9.47 Å². The van der Waals surface area contributed by atoms with Gasteiger partial charge in [0.2, 0.25) is 0 Å². The average Bonchev–Trinajstić information content (AvgIpc) is 2.77. The van der Waals surface area contributed by atoms with E-state index in [-0.39, 0.29) is 18.2 Å². The predicted molar refractivity (Wildman–Crippen MR) is 119 cm³/mol. The van der Waals surface area contributed by atoms with Gasteiger partial charge in [-0.15, -0.1) is 0 Å². The Morgan fingerprint density at radius 3 is 2.55 bits per heavy atom. The summed E-state index contributed by atoms with van der Waals surface area (Å²) in [5, 5.41) is 12.3. The molecule has 0 saturated carbocycles. The summed E-state index contributed by atoms with van der Waals surface area (Å²) in [6.07, 6.45) is 1.46. The van der Waals surface area contributed by atoms with Crippen molar-refractivity contribution >= 4 is 33.9 Å². The van der Waals surface area contributed by atoms with Crippen molar-refractivity contribution in [2.75, 3.05) is 20.3 Å². The highest BCUT2D eigenvalue weighted by atomic mass is 79.9. The Bertz CT molecular complexity index is 999. The van der Waals surface area contributed by atoms with Gasteiger partial charge < -0.3 is 19.5 Å². The number of nitriles is 1. The maximum atomic E-state index is 12.6. The lowest BCUT2D eigenvalue weighted by atomic mass is 10.1. The molecule has 0 heterocycles. The number of methoxy groups -OCH3 is 1. The Kier molecular flexibility index (Phi) is 9.10. The third-order valence-electron chi connectivity index (χ3n) is 4.22. The van der Waals surface area contributed by atoms with Crippen LogP contribution in [0.4, 0.5) is 0 Å². The number of ether oxygens (including phenoxy) is 3. The smallest absolute Gasteiger partial charge is 0.343 e. The van der Waals surface area contributed by atoms with E-state index in [0.29, 0.717) is 28.1 Å². The van der Waals surface area contributed by atoms with Crippen LogP contribution in [-0.2, 0) is 14.3 Å². The fourth-order valence-electron chi connectivity index (χ4n) is 2.68. The Balaban J connectivity index is 2.27. The Labute approximate surface area is 189 Å². The normalized spacial score (nSPS) is 11.8. The molecule has 0 fully saturated rings. The van der Waals surface area contributed by atoms with E-state index in [2.05, 4.69) is 26.0 Å². The number of hydrogen-bond acceptors (Lipinski definition) is 6. The number of carbonyl (C=O) groups excluding carboxylic acids is 2. The SMILES string of the molecule is CCOc1cc(/C=C(/C#N)C(=O)N[C@H](C)c2ccccc2)cc(Br)c1OCC(=O)OC. The molecule has 0 aliphatic heterocycles. The second kappa shape index (κ2) is 11.8. The standard InChI is InChI=1S/C23H23BrN2O5/c1-4-30-20-12-16(11-19(24)22(20)31-14-21(27)29-3)10-18(13-25)23(28)26-15(2)17-8-6-5-7-9-17/h5-12,15H,4,14H2,1-3H3,(H,26,28)/b18-10-/t15-/m1/s1. The average molecular weight is 487 g/mol. The minimum atomic E-state index is -0.533. The van der Waals surface area contributed by atoms with Gasteiger partial charge in [0.05, 0.1) is 24.2 Å². The van der Waals surface area contributed by atoms with Crippen LogP contribution in [0, 0.1) is 11.3 Å². The summed E-state index contributed by atoms with van der Waals surface area (Å²) >= 11 is 3.39. The Hall–Kier alpha value is -3.31. The van der Waals surface area contributed by atoms with Crippen molar-refractivity contribution in [2.45, 2.75) is 19.9 Å². The highest BCUT2D eigenvalue weighted by molar-refractivity contribution is 9.10. The van der Waals surface area contributed by atoms with Crippen LogP contribution in [0.3, 0.4) is 0 Å². The maximum Gasteiger partial charge on any atom is 0.343 e. The van der Waals surface area contributed by atoms with Gasteiger partial charge in [-0.25, -0.2) is 4.79 Å². The number of hydrogen-bond donors (Lipinski definition) is 1. The van der Waals surface area contributed by atoms with Crippen molar-refractivity contribution < 1.29 is 23.8 Å². The molecule has 2 rings (SSSR count). The zero-order valence-corrected chi connectivity index (χ0v) is 19.1. The van der Waals surface area contributed by atoms with E-state index in [1.165, 1.54) is 13.2 Å². The molecule has 0 aliphatic rings. The third kappa shape index (κ3) is 6.86. The van der Waals surface area contributed by atoms with E-state index in [9.17, 15) is 14.9 Å². The van der Waals surface area contributed by atoms with Crippen LogP contribution in [0.25, 0.3) is 6.08 Å². The molecule has 1 atom stereocenters. The number of rotatable bonds is 9. The summed E-state index contributed by atoms with van der Waals surface area (Å²) in [7, 11) is 1.27. The number of esters is 1. The van der Waals surface area contributed by atoms with Gasteiger partial charge in [-0.1, -0.05) is 30.3 Å². The molecule has 162 valence electrons. The van der Waals surface area contributed by atoms with Crippen LogP contribution in [-0.4, -0.2) is 32.2 Å². The first-order chi connectivity index (χ1) is 14.9. The van der Waals surface area contributed by atoms with Crippen LogP contribution in [0.1, 0.15) is 31.0 Å². The number of carbonyl (C=O) groups is 2. The van der Waals surface area contributed by atoms with Crippen molar-refractivity contribution in [2.24, 2.45) is 0 Å². The summed E-state index contributed by atoms with van der Waals surface area (Å²) in [6, 6.07) is 14.4. The monoisotopic (exact) mass is 486 g/mol.